The van der Waals surface area contributed by atoms with Crippen molar-refractivity contribution in [3.05, 3.63) is 0 Å². The maximum absolute atomic E-state index is 11.2. The summed E-state index contributed by atoms with van der Waals surface area (Å²) in [6.07, 6.45) is 1.63. The third-order valence-electron chi connectivity index (χ3n) is 3.23. The third kappa shape index (κ3) is 1.19. The summed E-state index contributed by atoms with van der Waals surface area (Å²) in [6.45, 7) is 0. The molecule has 2 heterocycles. The van der Waals surface area contributed by atoms with Crippen molar-refractivity contribution >= 4 is 11.9 Å². The van der Waals surface area contributed by atoms with Crippen LogP contribution in [-0.2, 0) is 14.3 Å². The third-order valence-corrected chi connectivity index (χ3v) is 3.23. The van der Waals surface area contributed by atoms with Crippen LogP contribution in [0.3, 0.4) is 0 Å². The van der Waals surface area contributed by atoms with Gasteiger partial charge in [-0.2, -0.15) is 0 Å². The van der Waals surface area contributed by atoms with Crippen LogP contribution in [0.15, 0.2) is 0 Å². The molecule has 78 valence electrons. The molecule has 3 N–H and O–H groups in total. The summed E-state index contributed by atoms with van der Waals surface area (Å²) in [7, 11) is 0. The number of hydrogen-bond acceptors (Lipinski definition) is 3. The Hall–Kier alpha value is -1.10. The minimum Gasteiger partial charge on any atom is -0.481 e. The van der Waals surface area contributed by atoms with Crippen LogP contribution < -0.4 is 5.73 Å². The fraction of sp³-hybridized carbons (Fsp3) is 0.778. The molecule has 0 aromatic rings. The van der Waals surface area contributed by atoms with E-state index in [0.29, 0.717) is 6.42 Å². The zero-order valence-electron chi connectivity index (χ0n) is 7.73. The number of carbonyl (C=O) groups is 2. The lowest BCUT2D eigenvalue weighted by Gasteiger charge is -2.29. The van der Waals surface area contributed by atoms with E-state index in [1.807, 2.05) is 0 Å². The normalized spacial score (nSPS) is 40.0. The van der Waals surface area contributed by atoms with Crippen molar-refractivity contribution in [3.8, 4) is 0 Å². The second-order valence-corrected chi connectivity index (χ2v) is 4.13. The fourth-order valence-electron chi connectivity index (χ4n) is 2.60. The van der Waals surface area contributed by atoms with Crippen molar-refractivity contribution in [1.29, 1.82) is 0 Å². The standard InChI is InChI=1S/C9H13NO4/c10-7(11)4-9(8(12)13)3-5-1-2-6(9)14-5/h5-6H,1-4H2,(H2,10,11)(H,12,13). The van der Waals surface area contributed by atoms with Crippen LogP contribution in [0.5, 0.6) is 0 Å². The van der Waals surface area contributed by atoms with Crippen molar-refractivity contribution in [3.63, 3.8) is 0 Å². The number of primary amides is 1. The molecule has 14 heavy (non-hydrogen) atoms. The predicted molar refractivity (Wildman–Crippen MR) is 46.4 cm³/mol. The van der Waals surface area contributed by atoms with Crippen LogP contribution in [0.1, 0.15) is 25.7 Å². The van der Waals surface area contributed by atoms with E-state index in [1.165, 1.54) is 0 Å². The van der Waals surface area contributed by atoms with E-state index in [9.17, 15) is 9.59 Å². The van der Waals surface area contributed by atoms with Gasteiger partial charge < -0.3 is 15.6 Å². The molecule has 0 aromatic heterocycles. The van der Waals surface area contributed by atoms with E-state index in [1.54, 1.807) is 0 Å². The number of carboxylic acids is 1. The molecule has 2 saturated heterocycles. The number of ether oxygens (including phenoxy) is 1. The first-order chi connectivity index (χ1) is 6.54. The number of carbonyl (C=O) groups excluding carboxylic acids is 1. The van der Waals surface area contributed by atoms with Gasteiger partial charge in [0.15, 0.2) is 0 Å². The Morgan fingerprint density at radius 1 is 1.50 bits per heavy atom. The number of hydrogen-bond donors (Lipinski definition) is 2. The molecule has 3 atom stereocenters. The zero-order valence-corrected chi connectivity index (χ0v) is 7.73. The smallest absolute Gasteiger partial charge is 0.312 e. The lowest BCUT2D eigenvalue weighted by atomic mass is 9.71. The van der Waals surface area contributed by atoms with E-state index >= 15 is 0 Å². The highest BCUT2D eigenvalue weighted by molar-refractivity contribution is 5.85. The van der Waals surface area contributed by atoms with Gasteiger partial charge in [0.25, 0.3) is 0 Å². The highest BCUT2D eigenvalue weighted by atomic mass is 16.5. The minimum absolute atomic E-state index is 0.00968. The van der Waals surface area contributed by atoms with Gasteiger partial charge in [0, 0.05) is 6.42 Å². The SMILES string of the molecule is NC(=O)CC1(C(=O)O)CC2CCC1O2. The Balaban J connectivity index is 2.24. The number of nitrogens with two attached hydrogens (primary N) is 1. The summed E-state index contributed by atoms with van der Waals surface area (Å²) in [5.74, 6) is -1.52. The molecule has 0 spiro atoms. The molecule has 2 aliphatic heterocycles. The molecule has 0 radical (unpaired) electrons. The van der Waals surface area contributed by atoms with Gasteiger partial charge in [-0.05, 0) is 19.3 Å². The molecule has 0 aromatic carbocycles. The van der Waals surface area contributed by atoms with Crippen molar-refractivity contribution in [2.24, 2.45) is 11.1 Å². The molecule has 0 aliphatic carbocycles. The van der Waals surface area contributed by atoms with Crippen molar-refractivity contribution < 1.29 is 19.4 Å². The monoisotopic (exact) mass is 199 g/mol. The number of aliphatic carboxylic acids is 1. The first-order valence-corrected chi connectivity index (χ1v) is 4.72. The molecule has 2 aliphatic rings. The summed E-state index contributed by atoms with van der Waals surface area (Å²) in [5, 5.41) is 9.15. The van der Waals surface area contributed by atoms with E-state index in [0.717, 1.165) is 12.8 Å². The average molecular weight is 199 g/mol. The molecule has 3 unspecified atom stereocenters. The van der Waals surface area contributed by atoms with Gasteiger partial charge in [0.1, 0.15) is 5.41 Å². The van der Waals surface area contributed by atoms with Gasteiger partial charge in [-0.15, -0.1) is 0 Å². The molecule has 1 amide bonds. The lowest BCUT2D eigenvalue weighted by molar-refractivity contribution is -0.155. The van der Waals surface area contributed by atoms with Gasteiger partial charge in [0.2, 0.25) is 5.91 Å². The Kier molecular flexibility index (Phi) is 1.99. The Morgan fingerprint density at radius 3 is 2.57 bits per heavy atom. The minimum atomic E-state index is -1.05. The maximum atomic E-state index is 11.2. The second-order valence-electron chi connectivity index (χ2n) is 4.13. The number of rotatable bonds is 3. The van der Waals surface area contributed by atoms with E-state index in [-0.39, 0.29) is 18.6 Å². The average Bonchev–Trinajstić information content (AvgIpc) is 2.61. The first-order valence-electron chi connectivity index (χ1n) is 4.72. The molecular weight excluding hydrogens is 186 g/mol. The van der Waals surface area contributed by atoms with Crippen molar-refractivity contribution in [1.82, 2.24) is 0 Å². The fourth-order valence-corrected chi connectivity index (χ4v) is 2.60. The van der Waals surface area contributed by atoms with E-state index in [4.69, 9.17) is 15.6 Å². The van der Waals surface area contributed by atoms with Crippen LogP contribution >= 0.6 is 0 Å². The number of carboxylic acid groups (broad SMARTS) is 1. The molecular formula is C9H13NO4. The lowest BCUT2D eigenvalue weighted by Crippen LogP contribution is -2.43. The summed E-state index contributed by atoms with van der Waals surface area (Å²) < 4.78 is 5.46. The maximum Gasteiger partial charge on any atom is 0.312 e. The van der Waals surface area contributed by atoms with Gasteiger partial charge in [-0.25, -0.2) is 0 Å². The van der Waals surface area contributed by atoms with Crippen LogP contribution in [0.4, 0.5) is 0 Å². The highest BCUT2D eigenvalue weighted by Gasteiger charge is 2.57. The Labute approximate surface area is 81.2 Å². The summed E-state index contributed by atoms with van der Waals surface area (Å²) in [5.41, 5.74) is 4.02. The predicted octanol–water partition coefficient (Wildman–Crippen LogP) is -0.116. The summed E-state index contributed by atoms with van der Waals surface area (Å²) >= 11 is 0. The van der Waals surface area contributed by atoms with Gasteiger partial charge in [0.05, 0.1) is 12.2 Å². The number of fused-ring (bicyclic) bond motifs is 2. The van der Waals surface area contributed by atoms with Gasteiger partial charge in [-0.1, -0.05) is 0 Å². The molecule has 2 fully saturated rings. The molecule has 5 nitrogen and oxygen atoms in total. The summed E-state index contributed by atoms with van der Waals surface area (Å²) in [6, 6.07) is 0. The van der Waals surface area contributed by atoms with E-state index in [2.05, 4.69) is 0 Å². The van der Waals surface area contributed by atoms with Crippen LogP contribution in [-0.4, -0.2) is 29.2 Å². The molecule has 2 bridgehead atoms. The molecule has 2 rings (SSSR count). The Bertz CT molecular complexity index is 291. The van der Waals surface area contributed by atoms with Crippen LogP contribution in [0.25, 0.3) is 0 Å². The van der Waals surface area contributed by atoms with Crippen LogP contribution in [0, 0.1) is 5.41 Å². The largest absolute Gasteiger partial charge is 0.481 e. The van der Waals surface area contributed by atoms with E-state index < -0.39 is 17.3 Å². The zero-order chi connectivity index (χ0) is 10.3. The Morgan fingerprint density at radius 2 is 2.21 bits per heavy atom. The van der Waals surface area contributed by atoms with Crippen molar-refractivity contribution in [2.45, 2.75) is 37.9 Å². The van der Waals surface area contributed by atoms with Crippen molar-refractivity contribution in [2.75, 3.05) is 0 Å². The highest BCUT2D eigenvalue weighted by Crippen LogP contribution is 2.49. The summed E-state index contributed by atoms with van der Waals surface area (Å²) in [4.78, 5) is 22.0. The first kappa shape index (κ1) is 9.45. The number of amides is 1. The molecule has 0 saturated carbocycles. The quantitative estimate of drug-likeness (QED) is 0.663. The van der Waals surface area contributed by atoms with Gasteiger partial charge >= 0.3 is 5.97 Å². The topological polar surface area (TPSA) is 89.6 Å². The van der Waals surface area contributed by atoms with Gasteiger partial charge in [-0.3, -0.25) is 9.59 Å². The second kappa shape index (κ2) is 2.95. The van der Waals surface area contributed by atoms with Crippen LogP contribution in [0.2, 0.25) is 0 Å². The molecule has 5 heteroatoms.